The molecule has 0 bridgehead atoms. The van der Waals surface area contributed by atoms with Gasteiger partial charge in [-0.25, -0.2) is 0 Å². The smallest absolute Gasteiger partial charge is 0.118 e. The van der Waals surface area contributed by atoms with Gasteiger partial charge in [0.2, 0.25) is 0 Å². The van der Waals surface area contributed by atoms with E-state index < -0.39 is 0 Å². The molecule has 2 N–H and O–H groups in total. The van der Waals surface area contributed by atoms with E-state index in [1.165, 1.54) is 10.4 Å². The lowest BCUT2D eigenvalue weighted by Gasteiger charge is -2.06. The average Bonchev–Trinajstić information content (AvgIpc) is 3.04. The molecule has 3 rings (SSSR count). The Morgan fingerprint density at radius 2 is 1.95 bits per heavy atom. The Kier molecular flexibility index (Phi) is 3.90. The molecule has 0 amide bonds. The van der Waals surface area contributed by atoms with E-state index in [0.29, 0.717) is 0 Å². The van der Waals surface area contributed by atoms with Crippen LogP contribution in [0, 0.1) is 13.8 Å². The van der Waals surface area contributed by atoms with Crippen molar-refractivity contribution < 1.29 is 4.74 Å². The SMILES string of the molecule is COc1ccc(Cn2ncc(-c3cc(N)c(C)s3)c2C)cc1. The molecular weight excluding hydrogens is 294 g/mol. The summed E-state index contributed by atoms with van der Waals surface area (Å²) < 4.78 is 7.20. The summed E-state index contributed by atoms with van der Waals surface area (Å²) >= 11 is 1.71. The lowest BCUT2D eigenvalue weighted by atomic mass is 10.2. The molecule has 0 saturated heterocycles. The van der Waals surface area contributed by atoms with E-state index in [0.717, 1.165) is 34.1 Å². The highest BCUT2D eigenvalue weighted by Crippen LogP contribution is 2.34. The number of nitrogen functional groups attached to an aromatic ring is 1. The first-order valence-corrected chi connectivity index (χ1v) is 7.91. The van der Waals surface area contributed by atoms with E-state index in [2.05, 4.69) is 24.2 Å². The van der Waals surface area contributed by atoms with Gasteiger partial charge in [0.1, 0.15) is 5.75 Å². The Balaban J connectivity index is 1.86. The maximum Gasteiger partial charge on any atom is 0.118 e. The quantitative estimate of drug-likeness (QED) is 0.795. The van der Waals surface area contributed by atoms with Crippen molar-refractivity contribution in [3.63, 3.8) is 0 Å². The van der Waals surface area contributed by atoms with Gasteiger partial charge in [0.15, 0.2) is 0 Å². The fourth-order valence-electron chi connectivity index (χ4n) is 2.38. The molecule has 0 saturated carbocycles. The van der Waals surface area contributed by atoms with Crippen molar-refractivity contribution in [1.29, 1.82) is 0 Å². The number of thiophene rings is 1. The molecule has 3 aromatic rings. The molecule has 0 fully saturated rings. The number of anilines is 1. The molecule has 0 aliphatic heterocycles. The van der Waals surface area contributed by atoms with Crippen molar-refractivity contribution in [3.05, 3.63) is 52.7 Å². The van der Waals surface area contributed by atoms with Crippen molar-refractivity contribution in [2.24, 2.45) is 0 Å². The zero-order valence-corrected chi connectivity index (χ0v) is 13.8. The fourth-order valence-corrected chi connectivity index (χ4v) is 3.38. The van der Waals surface area contributed by atoms with Gasteiger partial charge >= 0.3 is 0 Å². The summed E-state index contributed by atoms with van der Waals surface area (Å²) in [7, 11) is 1.67. The minimum Gasteiger partial charge on any atom is -0.497 e. The number of nitrogens with two attached hydrogens (primary N) is 1. The van der Waals surface area contributed by atoms with E-state index >= 15 is 0 Å². The number of aromatic nitrogens is 2. The number of hydrogen-bond donors (Lipinski definition) is 1. The molecule has 1 aromatic carbocycles. The highest BCUT2D eigenvalue weighted by atomic mass is 32.1. The maximum atomic E-state index is 5.96. The Labute approximate surface area is 134 Å². The van der Waals surface area contributed by atoms with Crippen LogP contribution in [0.1, 0.15) is 16.1 Å². The molecule has 0 radical (unpaired) electrons. The second-order valence-electron chi connectivity index (χ2n) is 5.27. The molecule has 5 heteroatoms. The lowest BCUT2D eigenvalue weighted by Crippen LogP contribution is -2.03. The van der Waals surface area contributed by atoms with Crippen molar-refractivity contribution in [2.45, 2.75) is 20.4 Å². The predicted molar refractivity (Wildman–Crippen MR) is 91.5 cm³/mol. The molecule has 0 unspecified atom stereocenters. The fraction of sp³-hybridized carbons (Fsp3) is 0.235. The van der Waals surface area contributed by atoms with Crippen LogP contribution in [-0.2, 0) is 6.54 Å². The van der Waals surface area contributed by atoms with E-state index in [1.54, 1.807) is 18.4 Å². The number of hydrogen-bond acceptors (Lipinski definition) is 4. The summed E-state index contributed by atoms with van der Waals surface area (Å²) in [6.07, 6.45) is 1.92. The van der Waals surface area contributed by atoms with Crippen molar-refractivity contribution in [3.8, 4) is 16.2 Å². The average molecular weight is 313 g/mol. The van der Waals surface area contributed by atoms with Crippen molar-refractivity contribution in [2.75, 3.05) is 12.8 Å². The zero-order chi connectivity index (χ0) is 15.7. The van der Waals surface area contributed by atoms with E-state index in [4.69, 9.17) is 10.5 Å². The number of methoxy groups -OCH3 is 1. The summed E-state index contributed by atoms with van der Waals surface area (Å²) in [5.74, 6) is 0.867. The molecule has 0 atom stereocenters. The van der Waals surface area contributed by atoms with E-state index in [9.17, 15) is 0 Å². The van der Waals surface area contributed by atoms with Crippen LogP contribution in [0.25, 0.3) is 10.4 Å². The number of benzene rings is 1. The van der Waals surface area contributed by atoms with Crippen LogP contribution in [0.4, 0.5) is 5.69 Å². The van der Waals surface area contributed by atoms with Gasteiger partial charge in [0, 0.05) is 26.7 Å². The number of ether oxygens (including phenoxy) is 1. The van der Waals surface area contributed by atoms with Crippen molar-refractivity contribution >= 4 is 17.0 Å². The Morgan fingerprint density at radius 1 is 1.23 bits per heavy atom. The Hall–Kier alpha value is -2.27. The highest BCUT2D eigenvalue weighted by molar-refractivity contribution is 7.16. The molecule has 2 aromatic heterocycles. The van der Waals surface area contributed by atoms with Gasteiger partial charge in [0.25, 0.3) is 0 Å². The topological polar surface area (TPSA) is 53.1 Å². The second-order valence-corrected chi connectivity index (χ2v) is 6.53. The first-order chi connectivity index (χ1) is 10.6. The number of nitrogens with zero attached hydrogens (tertiary/aromatic N) is 2. The maximum absolute atomic E-state index is 5.96. The van der Waals surface area contributed by atoms with Gasteiger partial charge in [-0.15, -0.1) is 11.3 Å². The van der Waals surface area contributed by atoms with Crippen LogP contribution in [0.2, 0.25) is 0 Å². The zero-order valence-electron chi connectivity index (χ0n) is 13.0. The van der Waals surface area contributed by atoms with Crippen LogP contribution in [0.5, 0.6) is 5.75 Å². The number of aryl methyl sites for hydroxylation is 1. The Bertz CT molecular complexity index is 767. The van der Waals surface area contributed by atoms with Crippen molar-refractivity contribution in [1.82, 2.24) is 9.78 Å². The third-order valence-electron chi connectivity index (χ3n) is 3.82. The highest BCUT2D eigenvalue weighted by Gasteiger charge is 2.12. The third kappa shape index (κ3) is 2.72. The summed E-state index contributed by atoms with van der Waals surface area (Å²) in [5.41, 5.74) is 10.3. The predicted octanol–water partition coefficient (Wildman–Crippen LogP) is 3.87. The minimum atomic E-state index is 0.746. The van der Waals surface area contributed by atoms with E-state index in [-0.39, 0.29) is 0 Å². The van der Waals surface area contributed by atoms with Gasteiger partial charge in [-0.1, -0.05) is 12.1 Å². The molecule has 4 nitrogen and oxygen atoms in total. The van der Waals surface area contributed by atoms with Crippen LogP contribution in [0.15, 0.2) is 36.5 Å². The molecule has 2 heterocycles. The van der Waals surface area contributed by atoms with E-state index in [1.807, 2.05) is 36.0 Å². The van der Waals surface area contributed by atoms with Crippen LogP contribution in [-0.4, -0.2) is 16.9 Å². The standard InChI is InChI=1S/C17H19N3OS/c1-11-15(17-8-16(18)12(2)22-17)9-19-20(11)10-13-4-6-14(21-3)7-5-13/h4-9H,10,18H2,1-3H3. The van der Waals surface area contributed by atoms with Gasteiger partial charge in [0.05, 0.1) is 19.9 Å². The third-order valence-corrected chi connectivity index (χ3v) is 4.92. The molecule has 0 aliphatic carbocycles. The van der Waals surface area contributed by atoms with Gasteiger partial charge in [-0.2, -0.15) is 5.10 Å². The van der Waals surface area contributed by atoms with Gasteiger partial charge in [-0.05, 0) is 37.6 Å². The second kappa shape index (κ2) is 5.85. The Morgan fingerprint density at radius 3 is 2.55 bits per heavy atom. The summed E-state index contributed by atoms with van der Waals surface area (Å²) in [5, 5.41) is 4.52. The molecule has 0 aliphatic rings. The molecule has 0 spiro atoms. The normalized spacial score (nSPS) is 10.9. The first-order valence-electron chi connectivity index (χ1n) is 7.10. The lowest BCUT2D eigenvalue weighted by molar-refractivity contribution is 0.414. The molecule has 22 heavy (non-hydrogen) atoms. The van der Waals surface area contributed by atoms with Crippen LogP contribution < -0.4 is 10.5 Å². The molecular formula is C17H19N3OS. The van der Waals surface area contributed by atoms with Gasteiger partial charge < -0.3 is 10.5 Å². The van der Waals surface area contributed by atoms with Crippen LogP contribution in [0.3, 0.4) is 0 Å². The number of rotatable bonds is 4. The largest absolute Gasteiger partial charge is 0.497 e. The summed E-state index contributed by atoms with van der Waals surface area (Å²) in [6.45, 7) is 4.88. The van der Waals surface area contributed by atoms with Gasteiger partial charge in [-0.3, -0.25) is 4.68 Å². The summed E-state index contributed by atoms with van der Waals surface area (Å²) in [6, 6.07) is 10.1. The van der Waals surface area contributed by atoms with Crippen LogP contribution >= 0.6 is 11.3 Å². The monoisotopic (exact) mass is 313 g/mol. The summed E-state index contributed by atoms with van der Waals surface area (Å²) in [4.78, 5) is 2.32. The minimum absolute atomic E-state index is 0.746. The first kappa shape index (κ1) is 14.7. The molecule has 114 valence electrons.